The van der Waals surface area contributed by atoms with Crippen molar-refractivity contribution in [1.82, 2.24) is 15.6 Å². The van der Waals surface area contributed by atoms with Crippen LogP contribution in [0.2, 0.25) is 0 Å². The van der Waals surface area contributed by atoms with Crippen LogP contribution in [-0.2, 0) is 11.3 Å². The Hall–Kier alpha value is -3.47. The van der Waals surface area contributed by atoms with E-state index in [4.69, 9.17) is 0 Å². The first-order valence-electron chi connectivity index (χ1n) is 8.79. The van der Waals surface area contributed by atoms with E-state index in [1.807, 2.05) is 60.7 Å². The molecule has 0 bridgehead atoms. The highest BCUT2D eigenvalue weighted by Gasteiger charge is 2.19. The second kappa shape index (κ2) is 9.29. The second-order valence-corrected chi connectivity index (χ2v) is 6.14. The van der Waals surface area contributed by atoms with Gasteiger partial charge in [-0.05, 0) is 29.3 Å². The fraction of sp³-hybridized carbons (Fsp3) is 0.136. The molecule has 5 nitrogen and oxygen atoms in total. The molecule has 1 heterocycles. The maximum atomic E-state index is 12.5. The van der Waals surface area contributed by atoms with Gasteiger partial charge in [0.2, 0.25) is 5.91 Å². The summed E-state index contributed by atoms with van der Waals surface area (Å²) in [6.07, 6.45) is 3.56. The van der Waals surface area contributed by atoms with Crippen molar-refractivity contribution in [1.29, 1.82) is 0 Å². The van der Waals surface area contributed by atoms with Gasteiger partial charge in [-0.2, -0.15) is 0 Å². The lowest BCUT2D eigenvalue weighted by atomic mass is 10.0. The smallest absolute Gasteiger partial charge is 0.251 e. The van der Waals surface area contributed by atoms with Crippen LogP contribution in [0.3, 0.4) is 0 Å². The average Bonchev–Trinajstić information content (AvgIpc) is 2.74. The van der Waals surface area contributed by atoms with E-state index in [1.54, 1.807) is 24.5 Å². The van der Waals surface area contributed by atoms with Gasteiger partial charge in [0.1, 0.15) is 0 Å². The number of aromatic nitrogens is 1. The van der Waals surface area contributed by atoms with E-state index in [2.05, 4.69) is 15.6 Å². The Morgan fingerprint density at radius 3 is 2.26 bits per heavy atom. The van der Waals surface area contributed by atoms with Crippen molar-refractivity contribution in [3.8, 4) is 0 Å². The number of nitrogens with zero attached hydrogens (tertiary/aromatic N) is 1. The van der Waals surface area contributed by atoms with Gasteiger partial charge in [-0.25, -0.2) is 0 Å². The molecule has 0 fully saturated rings. The lowest BCUT2D eigenvalue weighted by molar-refractivity contribution is -0.121. The molecule has 3 aromatic rings. The topological polar surface area (TPSA) is 71.1 Å². The minimum Gasteiger partial charge on any atom is -0.352 e. The van der Waals surface area contributed by atoms with Crippen molar-refractivity contribution in [3.05, 3.63) is 102 Å². The van der Waals surface area contributed by atoms with Gasteiger partial charge in [0.05, 0.1) is 12.5 Å². The largest absolute Gasteiger partial charge is 0.352 e. The van der Waals surface area contributed by atoms with Crippen LogP contribution in [0.4, 0.5) is 0 Å². The maximum Gasteiger partial charge on any atom is 0.251 e. The SMILES string of the molecule is O=C(CC(NC(=O)c1ccccc1)c1ccccc1)NCc1cccnc1. The zero-order valence-electron chi connectivity index (χ0n) is 14.8. The zero-order chi connectivity index (χ0) is 18.9. The number of carbonyl (C=O) groups excluding carboxylic acids is 2. The number of hydrogen-bond donors (Lipinski definition) is 2. The molecule has 1 atom stereocenters. The van der Waals surface area contributed by atoms with Gasteiger partial charge in [0, 0.05) is 24.5 Å². The Balaban J connectivity index is 1.67. The predicted octanol–water partition coefficient (Wildman–Crippen LogP) is 3.26. The number of benzene rings is 2. The lowest BCUT2D eigenvalue weighted by Gasteiger charge is -2.19. The molecule has 1 aromatic heterocycles. The minimum atomic E-state index is -0.409. The summed E-state index contributed by atoms with van der Waals surface area (Å²) in [5.74, 6) is -0.342. The molecule has 0 radical (unpaired) electrons. The van der Waals surface area contributed by atoms with Crippen molar-refractivity contribution >= 4 is 11.8 Å². The summed E-state index contributed by atoms with van der Waals surface area (Å²) >= 11 is 0. The molecule has 136 valence electrons. The van der Waals surface area contributed by atoms with Crippen molar-refractivity contribution in [2.75, 3.05) is 0 Å². The molecular formula is C22H21N3O2. The van der Waals surface area contributed by atoms with Gasteiger partial charge >= 0.3 is 0 Å². The van der Waals surface area contributed by atoms with Gasteiger partial charge in [-0.3, -0.25) is 14.6 Å². The molecule has 2 amide bonds. The third-order valence-electron chi connectivity index (χ3n) is 4.15. The van der Waals surface area contributed by atoms with Gasteiger partial charge in [-0.1, -0.05) is 54.6 Å². The van der Waals surface area contributed by atoms with E-state index in [1.165, 1.54) is 0 Å². The summed E-state index contributed by atoms with van der Waals surface area (Å²) in [5.41, 5.74) is 2.38. The normalized spacial score (nSPS) is 11.4. The van der Waals surface area contributed by atoms with Crippen LogP contribution >= 0.6 is 0 Å². The quantitative estimate of drug-likeness (QED) is 0.680. The monoisotopic (exact) mass is 359 g/mol. The maximum absolute atomic E-state index is 12.5. The summed E-state index contributed by atoms with van der Waals surface area (Å²) < 4.78 is 0. The molecule has 0 spiro atoms. The highest BCUT2D eigenvalue weighted by atomic mass is 16.2. The van der Waals surface area contributed by atoms with Crippen molar-refractivity contribution in [2.24, 2.45) is 0 Å². The molecule has 2 aromatic carbocycles. The third kappa shape index (κ3) is 5.51. The van der Waals surface area contributed by atoms with E-state index in [-0.39, 0.29) is 18.2 Å². The zero-order valence-corrected chi connectivity index (χ0v) is 14.8. The summed E-state index contributed by atoms with van der Waals surface area (Å²) in [6.45, 7) is 0.404. The first-order valence-corrected chi connectivity index (χ1v) is 8.79. The van der Waals surface area contributed by atoms with Crippen molar-refractivity contribution < 1.29 is 9.59 Å². The number of amides is 2. The Morgan fingerprint density at radius 1 is 0.889 bits per heavy atom. The average molecular weight is 359 g/mol. The van der Waals surface area contributed by atoms with Gasteiger partial charge in [-0.15, -0.1) is 0 Å². The summed E-state index contributed by atoms with van der Waals surface area (Å²) in [7, 11) is 0. The highest BCUT2D eigenvalue weighted by molar-refractivity contribution is 5.94. The number of pyridine rings is 1. The van der Waals surface area contributed by atoms with Crippen LogP contribution < -0.4 is 10.6 Å². The fourth-order valence-electron chi connectivity index (χ4n) is 2.73. The predicted molar refractivity (Wildman–Crippen MR) is 104 cm³/mol. The van der Waals surface area contributed by atoms with Crippen LogP contribution in [0.15, 0.2) is 85.2 Å². The molecule has 2 N–H and O–H groups in total. The van der Waals surface area contributed by atoms with Gasteiger partial charge in [0.25, 0.3) is 5.91 Å². The van der Waals surface area contributed by atoms with Crippen LogP contribution in [0.5, 0.6) is 0 Å². The van der Waals surface area contributed by atoms with E-state index < -0.39 is 6.04 Å². The van der Waals surface area contributed by atoms with E-state index in [0.29, 0.717) is 12.1 Å². The molecule has 1 unspecified atom stereocenters. The van der Waals surface area contributed by atoms with E-state index in [9.17, 15) is 9.59 Å². The Kier molecular flexibility index (Phi) is 6.30. The standard InChI is InChI=1S/C22H21N3O2/c26-21(24-16-17-8-7-13-23-15-17)14-20(18-9-3-1-4-10-18)25-22(27)19-11-5-2-6-12-19/h1-13,15,20H,14,16H2,(H,24,26)(H,25,27). The summed E-state index contributed by atoms with van der Waals surface area (Å²) in [5, 5.41) is 5.85. The van der Waals surface area contributed by atoms with Crippen LogP contribution in [-0.4, -0.2) is 16.8 Å². The van der Waals surface area contributed by atoms with Crippen LogP contribution in [0.25, 0.3) is 0 Å². The molecule has 0 aliphatic heterocycles. The minimum absolute atomic E-state index is 0.138. The molecule has 0 aliphatic carbocycles. The number of carbonyl (C=O) groups is 2. The second-order valence-electron chi connectivity index (χ2n) is 6.14. The molecule has 5 heteroatoms. The summed E-state index contributed by atoms with van der Waals surface area (Å²) in [4.78, 5) is 29.0. The molecule has 0 aliphatic rings. The number of rotatable bonds is 7. The van der Waals surface area contributed by atoms with Crippen molar-refractivity contribution in [2.45, 2.75) is 19.0 Å². The molecule has 0 saturated carbocycles. The van der Waals surface area contributed by atoms with E-state index >= 15 is 0 Å². The molecule has 27 heavy (non-hydrogen) atoms. The highest BCUT2D eigenvalue weighted by Crippen LogP contribution is 2.17. The van der Waals surface area contributed by atoms with Crippen molar-refractivity contribution in [3.63, 3.8) is 0 Å². The molecule has 3 rings (SSSR count). The Labute approximate surface area is 158 Å². The number of hydrogen-bond acceptors (Lipinski definition) is 3. The van der Waals surface area contributed by atoms with Gasteiger partial charge in [0.15, 0.2) is 0 Å². The van der Waals surface area contributed by atoms with Crippen LogP contribution in [0, 0.1) is 0 Å². The first-order chi connectivity index (χ1) is 13.2. The Bertz CT molecular complexity index is 868. The third-order valence-corrected chi connectivity index (χ3v) is 4.15. The van der Waals surface area contributed by atoms with E-state index in [0.717, 1.165) is 11.1 Å². The fourth-order valence-corrected chi connectivity index (χ4v) is 2.73. The first kappa shape index (κ1) is 18.3. The number of nitrogens with one attached hydrogen (secondary N) is 2. The van der Waals surface area contributed by atoms with Crippen LogP contribution in [0.1, 0.15) is 33.9 Å². The summed E-state index contributed by atoms with van der Waals surface area (Å²) in [6, 6.07) is 21.8. The molecule has 0 saturated heterocycles. The molecular weight excluding hydrogens is 338 g/mol. The van der Waals surface area contributed by atoms with Gasteiger partial charge < -0.3 is 10.6 Å². The lowest BCUT2D eigenvalue weighted by Crippen LogP contribution is -2.33. The Morgan fingerprint density at radius 2 is 1.59 bits per heavy atom.